The highest BCUT2D eigenvalue weighted by Gasteiger charge is 2.26. The van der Waals surface area contributed by atoms with Crippen LogP contribution >= 0.6 is 0 Å². The Hall–Kier alpha value is -2.98. The van der Waals surface area contributed by atoms with Crippen LogP contribution in [0.1, 0.15) is 17.3 Å². The first kappa shape index (κ1) is 15.1. The number of esters is 2. The number of carbonyl (C=O) groups excluding carboxylic acids is 2. The molecule has 1 rings (SSSR count). The van der Waals surface area contributed by atoms with Crippen LogP contribution in [0.4, 0.5) is 5.82 Å². The minimum atomic E-state index is -1.24. The van der Waals surface area contributed by atoms with Gasteiger partial charge in [-0.3, -0.25) is 5.10 Å². The molecule has 11 nitrogen and oxygen atoms in total. The number of nitrogens with zero attached hydrogens (tertiary/aromatic N) is 3. The first-order valence-corrected chi connectivity index (χ1v) is 5.28. The topological polar surface area (TPSA) is 149 Å². The third-order valence-corrected chi connectivity index (χ3v) is 1.95. The van der Waals surface area contributed by atoms with Crippen LogP contribution in [0.15, 0.2) is 11.3 Å². The molecule has 1 aromatic heterocycles. The second-order valence-electron chi connectivity index (χ2n) is 3.18. The molecule has 108 valence electrons. The lowest BCUT2D eigenvalue weighted by Gasteiger charge is -2.00. The zero-order valence-electron chi connectivity index (χ0n) is 10.6. The molecule has 2 N–H and O–H groups in total. The monoisotopic (exact) mass is 285 g/mol. The van der Waals surface area contributed by atoms with Crippen LogP contribution in [0.5, 0.6) is 0 Å². The minimum absolute atomic E-state index is 0.0110. The number of ether oxygens (including phenoxy) is 2. The zero-order chi connectivity index (χ0) is 15.1. The van der Waals surface area contributed by atoms with Crippen molar-refractivity contribution in [3.05, 3.63) is 21.9 Å². The van der Waals surface area contributed by atoms with Crippen LogP contribution in [0, 0.1) is 10.1 Å². The molecule has 20 heavy (non-hydrogen) atoms. The van der Waals surface area contributed by atoms with Crippen LogP contribution in [-0.4, -0.2) is 46.6 Å². The van der Waals surface area contributed by atoms with Gasteiger partial charge in [-0.25, -0.2) is 9.59 Å². The summed E-state index contributed by atoms with van der Waals surface area (Å²) in [6.45, 7) is 1.76. The van der Waals surface area contributed by atoms with E-state index >= 15 is 0 Å². The van der Waals surface area contributed by atoms with E-state index in [0.29, 0.717) is 0 Å². The third-order valence-electron chi connectivity index (χ3n) is 1.95. The van der Waals surface area contributed by atoms with Crippen LogP contribution < -0.4 is 5.43 Å². The van der Waals surface area contributed by atoms with E-state index in [1.807, 2.05) is 0 Å². The van der Waals surface area contributed by atoms with E-state index in [-0.39, 0.29) is 18.0 Å². The maximum atomic E-state index is 11.5. The molecule has 0 radical (unpaired) electrons. The van der Waals surface area contributed by atoms with Crippen molar-refractivity contribution in [2.75, 3.05) is 19.1 Å². The van der Waals surface area contributed by atoms with Gasteiger partial charge in [-0.2, -0.15) is 10.5 Å². The quantitative estimate of drug-likeness (QED) is 0.253. The molecular formula is C9H11N5O6. The number of amidine groups is 1. The molecule has 0 fully saturated rings. The molecular weight excluding hydrogens is 274 g/mol. The molecule has 0 atom stereocenters. The van der Waals surface area contributed by atoms with Crippen molar-refractivity contribution in [3.8, 4) is 0 Å². The standard InChI is InChI=1S/C9H11N5O6/c1-3-20-8(15)5-4-10-11-6(5)12-13-7(14(17)18)9(16)19-2/h4H,3H2,1-2H3,(H2,10,11,12). The van der Waals surface area contributed by atoms with E-state index in [2.05, 4.69) is 25.5 Å². The normalized spacial score (nSPS) is 10.8. The molecule has 0 saturated carbocycles. The number of anilines is 1. The van der Waals surface area contributed by atoms with Crippen molar-refractivity contribution < 1.29 is 24.0 Å². The molecule has 0 saturated heterocycles. The van der Waals surface area contributed by atoms with Crippen LogP contribution in [0.25, 0.3) is 0 Å². The Morgan fingerprint density at radius 3 is 2.85 bits per heavy atom. The molecule has 0 aliphatic rings. The van der Waals surface area contributed by atoms with E-state index in [4.69, 9.17) is 4.74 Å². The summed E-state index contributed by atoms with van der Waals surface area (Å²) in [5.41, 5.74) is 2.14. The van der Waals surface area contributed by atoms with E-state index in [0.717, 1.165) is 13.3 Å². The van der Waals surface area contributed by atoms with Crippen LogP contribution in [0.2, 0.25) is 0 Å². The van der Waals surface area contributed by atoms with Crippen LogP contribution in [-0.2, 0) is 14.3 Å². The largest absolute Gasteiger partial charge is 0.473 e. The summed E-state index contributed by atoms with van der Waals surface area (Å²) in [5.74, 6) is -3.05. The highest BCUT2D eigenvalue weighted by molar-refractivity contribution is 6.31. The number of aromatic nitrogens is 2. The maximum Gasteiger partial charge on any atom is 0.473 e. The summed E-state index contributed by atoms with van der Waals surface area (Å²) in [7, 11) is 0.974. The van der Waals surface area contributed by atoms with Gasteiger partial charge in [0.2, 0.25) is 0 Å². The summed E-state index contributed by atoms with van der Waals surface area (Å²) in [6.07, 6.45) is 1.15. The molecule has 0 bridgehead atoms. The van der Waals surface area contributed by atoms with Crippen molar-refractivity contribution in [2.45, 2.75) is 6.92 Å². The van der Waals surface area contributed by atoms with Gasteiger partial charge in [0.15, 0.2) is 5.82 Å². The third kappa shape index (κ3) is 3.51. The van der Waals surface area contributed by atoms with Crippen molar-refractivity contribution in [1.82, 2.24) is 10.2 Å². The number of hydrogen-bond acceptors (Lipinski definition) is 9. The van der Waals surface area contributed by atoms with Gasteiger partial charge in [0.05, 0.1) is 25.0 Å². The molecule has 0 spiro atoms. The number of H-pyrrole nitrogens is 1. The van der Waals surface area contributed by atoms with Gasteiger partial charge in [-0.15, -0.1) is 0 Å². The Morgan fingerprint density at radius 1 is 1.60 bits per heavy atom. The lowest BCUT2D eigenvalue weighted by Crippen LogP contribution is -2.25. The SMILES string of the molecule is CCOC(=O)c1cn[nH]c1NN=C(C(=O)OC)[N+](=O)[O-]. The molecule has 1 heterocycles. The Bertz CT molecular complexity index is 551. The Morgan fingerprint density at radius 2 is 2.30 bits per heavy atom. The van der Waals surface area contributed by atoms with E-state index < -0.39 is 22.7 Å². The van der Waals surface area contributed by atoms with Gasteiger partial charge in [0.1, 0.15) is 5.56 Å². The maximum absolute atomic E-state index is 11.5. The lowest BCUT2D eigenvalue weighted by atomic mass is 10.3. The number of rotatable bonds is 4. The van der Waals surface area contributed by atoms with Gasteiger partial charge >= 0.3 is 17.8 Å². The highest BCUT2D eigenvalue weighted by atomic mass is 16.6. The van der Waals surface area contributed by atoms with E-state index in [9.17, 15) is 19.7 Å². The second kappa shape index (κ2) is 6.82. The number of nitro groups is 1. The minimum Gasteiger partial charge on any atom is -0.462 e. The first-order chi connectivity index (χ1) is 9.51. The Labute approximate surface area is 112 Å². The van der Waals surface area contributed by atoms with Crippen molar-refractivity contribution in [1.29, 1.82) is 0 Å². The van der Waals surface area contributed by atoms with E-state index in [1.165, 1.54) is 0 Å². The van der Waals surface area contributed by atoms with Crippen molar-refractivity contribution in [2.24, 2.45) is 5.10 Å². The average Bonchev–Trinajstić information content (AvgIpc) is 2.87. The van der Waals surface area contributed by atoms with Crippen LogP contribution in [0.3, 0.4) is 0 Å². The second-order valence-corrected chi connectivity index (χ2v) is 3.18. The highest BCUT2D eigenvalue weighted by Crippen LogP contribution is 2.12. The number of hydrogen-bond donors (Lipinski definition) is 2. The number of aromatic amines is 1. The Kier molecular flexibility index (Phi) is 5.14. The number of methoxy groups -OCH3 is 1. The summed E-state index contributed by atoms with van der Waals surface area (Å²) >= 11 is 0. The fraction of sp³-hybridized carbons (Fsp3) is 0.333. The van der Waals surface area contributed by atoms with Gasteiger partial charge in [0, 0.05) is 0 Å². The number of hydrazone groups is 1. The van der Waals surface area contributed by atoms with Gasteiger partial charge in [0.25, 0.3) is 0 Å². The fourth-order valence-corrected chi connectivity index (χ4v) is 1.10. The molecule has 0 aliphatic carbocycles. The Balaban J connectivity index is 2.93. The number of nitrogens with one attached hydrogen (secondary N) is 2. The average molecular weight is 285 g/mol. The predicted octanol–water partition coefficient (Wildman–Crippen LogP) is -0.238. The van der Waals surface area contributed by atoms with Gasteiger partial charge < -0.3 is 19.6 Å². The van der Waals surface area contributed by atoms with E-state index in [1.54, 1.807) is 6.92 Å². The summed E-state index contributed by atoms with van der Waals surface area (Å²) < 4.78 is 8.93. The summed E-state index contributed by atoms with van der Waals surface area (Å²) in [6, 6.07) is 0. The molecule has 0 amide bonds. The molecule has 0 unspecified atom stereocenters. The fourth-order valence-electron chi connectivity index (χ4n) is 1.10. The van der Waals surface area contributed by atoms with Crippen molar-refractivity contribution >= 4 is 23.6 Å². The molecule has 11 heteroatoms. The summed E-state index contributed by atoms with van der Waals surface area (Å²) in [4.78, 5) is 32.1. The summed E-state index contributed by atoms with van der Waals surface area (Å²) in [5, 5.41) is 19.8. The van der Waals surface area contributed by atoms with Gasteiger partial charge in [-0.05, 0) is 11.8 Å². The number of carbonyl (C=O) groups is 2. The molecule has 0 aliphatic heterocycles. The smallest absolute Gasteiger partial charge is 0.462 e. The first-order valence-electron chi connectivity index (χ1n) is 5.28. The van der Waals surface area contributed by atoms with Crippen molar-refractivity contribution in [3.63, 3.8) is 0 Å². The lowest BCUT2D eigenvalue weighted by molar-refractivity contribution is -0.350. The predicted molar refractivity (Wildman–Crippen MR) is 64.6 cm³/mol. The van der Waals surface area contributed by atoms with Gasteiger partial charge in [-0.1, -0.05) is 0 Å². The zero-order valence-corrected chi connectivity index (χ0v) is 10.6. The molecule has 0 aromatic carbocycles. The molecule has 1 aromatic rings.